The van der Waals surface area contributed by atoms with E-state index in [4.69, 9.17) is 4.74 Å². The molecule has 0 aromatic carbocycles. The number of carbonyl (C=O) groups excluding carboxylic acids is 1. The molecule has 1 rings (SSSR count). The lowest BCUT2D eigenvalue weighted by Crippen LogP contribution is -2.09. The quantitative estimate of drug-likeness (QED) is 0.683. The first-order valence-electron chi connectivity index (χ1n) is 4.77. The van der Waals surface area contributed by atoms with Crippen LogP contribution in [0.5, 0.6) is 0 Å². The van der Waals surface area contributed by atoms with Gasteiger partial charge in [0.1, 0.15) is 5.82 Å². The Balaban J connectivity index is 2.77. The number of nitrogens with zero attached hydrogens (tertiary/aromatic N) is 2. The van der Waals surface area contributed by atoms with Crippen LogP contribution in [0.1, 0.15) is 36.6 Å². The van der Waals surface area contributed by atoms with Crippen LogP contribution in [0.2, 0.25) is 0 Å². The number of carbonyl (C=O) groups is 1. The Hall–Kier alpha value is -1.45. The van der Waals surface area contributed by atoms with Crippen molar-refractivity contribution in [2.45, 2.75) is 26.7 Å². The van der Waals surface area contributed by atoms with Crippen LogP contribution in [0.3, 0.4) is 0 Å². The Morgan fingerprint density at radius 1 is 1.50 bits per heavy atom. The highest BCUT2D eigenvalue weighted by molar-refractivity contribution is 5.87. The minimum absolute atomic E-state index is 0.338. The summed E-state index contributed by atoms with van der Waals surface area (Å²) in [6.07, 6.45) is 3.34. The Kier molecular flexibility index (Phi) is 4.04. The lowest BCUT2D eigenvalue weighted by molar-refractivity contribution is 0.0519. The molecule has 0 N–H and O–H groups in total. The molecule has 0 bridgehead atoms. The number of esters is 1. The summed E-state index contributed by atoms with van der Waals surface area (Å²) >= 11 is 0. The van der Waals surface area contributed by atoms with Crippen LogP contribution < -0.4 is 0 Å². The monoisotopic (exact) mass is 194 g/mol. The normalized spacial score (nSPS) is 9.86. The molecule has 0 amide bonds. The summed E-state index contributed by atoms with van der Waals surface area (Å²) in [6.45, 7) is 4.18. The standard InChI is InChI=1S/C10H14N2O2/c1-3-5-9-11-7-6-8(12-9)10(13)14-4-2/h6-7H,3-5H2,1-2H3. The third-order valence-electron chi connectivity index (χ3n) is 1.66. The van der Waals surface area contributed by atoms with Gasteiger partial charge in [0.25, 0.3) is 0 Å². The summed E-state index contributed by atoms with van der Waals surface area (Å²) in [5, 5.41) is 0. The van der Waals surface area contributed by atoms with Gasteiger partial charge in [-0.25, -0.2) is 14.8 Å². The zero-order chi connectivity index (χ0) is 10.4. The molecule has 0 saturated carbocycles. The van der Waals surface area contributed by atoms with Crippen LogP contribution in [0.15, 0.2) is 12.3 Å². The zero-order valence-corrected chi connectivity index (χ0v) is 8.49. The highest BCUT2D eigenvalue weighted by Gasteiger charge is 2.08. The van der Waals surface area contributed by atoms with E-state index in [-0.39, 0.29) is 5.97 Å². The number of ether oxygens (including phenoxy) is 1. The molecule has 0 atom stereocenters. The van der Waals surface area contributed by atoms with Gasteiger partial charge in [-0.2, -0.15) is 0 Å². The molecular weight excluding hydrogens is 180 g/mol. The van der Waals surface area contributed by atoms with Crippen LogP contribution >= 0.6 is 0 Å². The minimum Gasteiger partial charge on any atom is -0.461 e. The summed E-state index contributed by atoms with van der Waals surface area (Å²) in [5.74, 6) is 0.310. The van der Waals surface area contributed by atoms with Gasteiger partial charge in [-0.3, -0.25) is 0 Å². The van der Waals surface area contributed by atoms with Crippen LogP contribution in [-0.4, -0.2) is 22.5 Å². The SMILES string of the molecule is CCCc1nccc(C(=O)OCC)n1. The molecule has 1 heterocycles. The molecular formula is C10H14N2O2. The Labute approximate surface area is 83.3 Å². The Bertz CT molecular complexity index is 313. The fraction of sp³-hybridized carbons (Fsp3) is 0.500. The molecule has 4 nitrogen and oxygen atoms in total. The van der Waals surface area contributed by atoms with Gasteiger partial charge < -0.3 is 4.74 Å². The second kappa shape index (κ2) is 5.32. The van der Waals surface area contributed by atoms with E-state index in [2.05, 4.69) is 9.97 Å². The predicted molar refractivity (Wildman–Crippen MR) is 52.0 cm³/mol. The average molecular weight is 194 g/mol. The van der Waals surface area contributed by atoms with Crippen molar-refractivity contribution in [1.29, 1.82) is 0 Å². The summed E-state index contributed by atoms with van der Waals surface area (Å²) < 4.78 is 4.83. The minimum atomic E-state index is -0.382. The van der Waals surface area contributed by atoms with Crippen molar-refractivity contribution in [2.24, 2.45) is 0 Å². The smallest absolute Gasteiger partial charge is 0.357 e. The fourth-order valence-electron chi connectivity index (χ4n) is 1.06. The first-order valence-corrected chi connectivity index (χ1v) is 4.77. The molecule has 0 unspecified atom stereocenters. The maximum Gasteiger partial charge on any atom is 0.357 e. The second-order valence-corrected chi connectivity index (χ2v) is 2.83. The topological polar surface area (TPSA) is 52.1 Å². The number of aryl methyl sites for hydroxylation is 1. The Morgan fingerprint density at radius 2 is 2.29 bits per heavy atom. The maximum absolute atomic E-state index is 11.3. The molecule has 0 aliphatic rings. The molecule has 76 valence electrons. The molecule has 1 aromatic rings. The van der Waals surface area contributed by atoms with E-state index >= 15 is 0 Å². The Morgan fingerprint density at radius 3 is 2.93 bits per heavy atom. The van der Waals surface area contributed by atoms with Crippen molar-refractivity contribution in [3.63, 3.8) is 0 Å². The molecule has 0 fully saturated rings. The second-order valence-electron chi connectivity index (χ2n) is 2.83. The molecule has 1 aromatic heterocycles. The summed E-state index contributed by atoms with van der Waals surface area (Å²) in [6, 6.07) is 1.57. The molecule has 4 heteroatoms. The lowest BCUT2D eigenvalue weighted by atomic mass is 10.3. The molecule has 0 spiro atoms. The van der Waals surface area contributed by atoms with Crippen molar-refractivity contribution in [3.05, 3.63) is 23.8 Å². The van der Waals surface area contributed by atoms with E-state index in [1.807, 2.05) is 6.92 Å². The first-order chi connectivity index (χ1) is 6.77. The summed E-state index contributed by atoms with van der Waals surface area (Å²) in [7, 11) is 0. The van der Waals surface area contributed by atoms with Crippen molar-refractivity contribution in [3.8, 4) is 0 Å². The highest BCUT2D eigenvalue weighted by Crippen LogP contribution is 2.00. The number of rotatable bonds is 4. The number of hydrogen-bond acceptors (Lipinski definition) is 4. The van der Waals surface area contributed by atoms with E-state index in [1.165, 1.54) is 0 Å². The van der Waals surface area contributed by atoms with Gasteiger partial charge in [-0.05, 0) is 19.4 Å². The summed E-state index contributed by atoms with van der Waals surface area (Å²) in [4.78, 5) is 19.4. The van der Waals surface area contributed by atoms with Gasteiger partial charge in [0.2, 0.25) is 0 Å². The number of hydrogen-bond donors (Lipinski definition) is 0. The third-order valence-corrected chi connectivity index (χ3v) is 1.66. The van der Waals surface area contributed by atoms with Crippen molar-refractivity contribution in [2.75, 3.05) is 6.61 Å². The third kappa shape index (κ3) is 2.80. The summed E-state index contributed by atoms with van der Waals surface area (Å²) in [5.41, 5.74) is 0.338. The van der Waals surface area contributed by atoms with Gasteiger partial charge in [-0.1, -0.05) is 6.92 Å². The average Bonchev–Trinajstić information content (AvgIpc) is 2.19. The van der Waals surface area contributed by atoms with Gasteiger partial charge in [0, 0.05) is 12.6 Å². The van der Waals surface area contributed by atoms with Gasteiger partial charge in [0.15, 0.2) is 5.69 Å². The molecule has 0 aliphatic heterocycles. The van der Waals surface area contributed by atoms with Gasteiger partial charge in [-0.15, -0.1) is 0 Å². The number of aromatic nitrogens is 2. The lowest BCUT2D eigenvalue weighted by Gasteiger charge is -2.02. The van der Waals surface area contributed by atoms with Crippen LogP contribution in [0, 0.1) is 0 Å². The molecule has 14 heavy (non-hydrogen) atoms. The maximum atomic E-state index is 11.3. The zero-order valence-electron chi connectivity index (χ0n) is 8.49. The molecule has 0 aliphatic carbocycles. The van der Waals surface area contributed by atoms with E-state index in [1.54, 1.807) is 19.2 Å². The van der Waals surface area contributed by atoms with Crippen molar-refractivity contribution < 1.29 is 9.53 Å². The largest absolute Gasteiger partial charge is 0.461 e. The van der Waals surface area contributed by atoms with Gasteiger partial charge >= 0.3 is 5.97 Å². The van der Waals surface area contributed by atoms with Gasteiger partial charge in [0.05, 0.1) is 6.61 Å². The van der Waals surface area contributed by atoms with E-state index in [0.717, 1.165) is 12.8 Å². The van der Waals surface area contributed by atoms with Crippen LogP contribution in [0.25, 0.3) is 0 Å². The van der Waals surface area contributed by atoms with Crippen LogP contribution in [0.4, 0.5) is 0 Å². The first kappa shape index (κ1) is 10.6. The predicted octanol–water partition coefficient (Wildman–Crippen LogP) is 1.61. The van der Waals surface area contributed by atoms with E-state index in [9.17, 15) is 4.79 Å². The van der Waals surface area contributed by atoms with Crippen molar-refractivity contribution in [1.82, 2.24) is 9.97 Å². The van der Waals surface area contributed by atoms with Crippen molar-refractivity contribution >= 4 is 5.97 Å². The van der Waals surface area contributed by atoms with E-state index in [0.29, 0.717) is 18.1 Å². The molecule has 0 saturated heterocycles. The highest BCUT2D eigenvalue weighted by atomic mass is 16.5. The van der Waals surface area contributed by atoms with E-state index < -0.39 is 0 Å². The fourth-order valence-corrected chi connectivity index (χ4v) is 1.06. The molecule has 0 radical (unpaired) electrons. The van der Waals surface area contributed by atoms with Crippen LogP contribution in [-0.2, 0) is 11.2 Å².